The van der Waals surface area contributed by atoms with Gasteiger partial charge in [0, 0.05) is 31.0 Å². The van der Waals surface area contributed by atoms with Crippen LogP contribution in [-0.2, 0) is 13.6 Å². The molecule has 1 N–H and O–H groups in total. The summed E-state index contributed by atoms with van der Waals surface area (Å²) in [6.07, 6.45) is 3.84. The van der Waals surface area contributed by atoms with E-state index in [1.807, 2.05) is 50.6 Å². The van der Waals surface area contributed by atoms with Crippen LogP contribution in [-0.4, -0.2) is 30.0 Å². The fraction of sp³-hybridized carbons (Fsp3) is 0.231. The minimum Gasteiger partial charge on any atom is -0.381 e. The summed E-state index contributed by atoms with van der Waals surface area (Å²) < 4.78 is 3.49. The van der Waals surface area contributed by atoms with Crippen molar-refractivity contribution in [3.8, 4) is 5.69 Å². The Kier molecular flexibility index (Phi) is 3.16. The molecule has 0 spiro atoms. The third-order valence-corrected chi connectivity index (χ3v) is 2.97. The van der Waals surface area contributed by atoms with Crippen molar-refractivity contribution in [3.05, 3.63) is 48.0 Å². The van der Waals surface area contributed by atoms with Crippen LogP contribution in [0.3, 0.4) is 0 Å². The quantitative estimate of drug-likeness (QED) is 0.773. The lowest BCUT2D eigenvalue weighted by Gasteiger charge is -2.07. The van der Waals surface area contributed by atoms with E-state index in [0.29, 0.717) is 0 Å². The van der Waals surface area contributed by atoms with Crippen molar-refractivity contribution in [2.45, 2.75) is 13.5 Å². The SMILES string of the molecule is Cc1nnnn1-c1cccc(NCc2cnn(C)c2)c1. The monoisotopic (exact) mass is 269 g/mol. The van der Waals surface area contributed by atoms with Crippen molar-refractivity contribution in [1.29, 1.82) is 0 Å². The maximum absolute atomic E-state index is 4.14. The van der Waals surface area contributed by atoms with E-state index in [2.05, 4.69) is 25.9 Å². The Balaban J connectivity index is 1.76. The molecule has 0 bridgehead atoms. The number of benzene rings is 1. The molecule has 0 radical (unpaired) electrons. The molecule has 0 saturated carbocycles. The van der Waals surface area contributed by atoms with Gasteiger partial charge in [-0.3, -0.25) is 4.68 Å². The lowest BCUT2D eigenvalue weighted by Crippen LogP contribution is -2.02. The standard InChI is InChI=1S/C13H15N7/c1-10-16-17-18-20(10)13-5-3-4-12(6-13)14-7-11-8-15-19(2)9-11/h3-6,8-9,14H,7H2,1-2H3. The molecule has 3 aromatic rings. The number of nitrogens with zero attached hydrogens (tertiary/aromatic N) is 6. The van der Waals surface area contributed by atoms with Crippen LogP contribution in [0.25, 0.3) is 5.69 Å². The number of rotatable bonds is 4. The summed E-state index contributed by atoms with van der Waals surface area (Å²) in [5.41, 5.74) is 3.08. The first-order valence-electron chi connectivity index (χ1n) is 6.29. The van der Waals surface area contributed by atoms with Crippen LogP contribution in [0.15, 0.2) is 36.7 Å². The van der Waals surface area contributed by atoms with Crippen LogP contribution in [0.5, 0.6) is 0 Å². The van der Waals surface area contributed by atoms with Gasteiger partial charge >= 0.3 is 0 Å². The van der Waals surface area contributed by atoms with Gasteiger partial charge in [-0.05, 0) is 35.5 Å². The van der Waals surface area contributed by atoms with Gasteiger partial charge in [0.2, 0.25) is 0 Å². The van der Waals surface area contributed by atoms with E-state index in [1.54, 1.807) is 9.36 Å². The molecule has 0 fully saturated rings. The molecule has 7 heteroatoms. The molecule has 1 aromatic carbocycles. The fourth-order valence-corrected chi connectivity index (χ4v) is 1.99. The molecule has 0 aliphatic carbocycles. The third-order valence-electron chi connectivity index (χ3n) is 2.97. The molecular weight excluding hydrogens is 254 g/mol. The first-order chi connectivity index (χ1) is 9.72. The second kappa shape index (κ2) is 5.12. The lowest BCUT2D eigenvalue weighted by atomic mass is 10.2. The van der Waals surface area contributed by atoms with Crippen molar-refractivity contribution in [2.24, 2.45) is 7.05 Å². The Morgan fingerprint density at radius 1 is 1.30 bits per heavy atom. The number of aromatic nitrogens is 6. The van der Waals surface area contributed by atoms with Crippen LogP contribution in [0.2, 0.25) is 0 Å². The molecule has 0 aliphatic heterocycles. The summed E-state index contributed by atoms with van der Waals surface area (Å²) in [5, 5.41) is 19.0. The Bertz CT molecular complexity index is 713. The minimum absolute atomic E-state index is 0.728. The van der Waals surface area contributed by atoms with Gasteiger partial charge in [-0.1, -0.05) is 6.07 Å². The molecule has 102 valence electrons. The van der Waals surface area contributed by atoms with E-state index in [-0.39, 0.29) is 0 Å². The first kappa shape index (κ1) is 12.3. The number of tetrazole rings is 1. The summed E-state index contributed by atoms with van der Waals surface area (Å²) in [5.74, 6) is 0.759. The van der Waals surface area contributed by atoms with Crippen LogP contribution >= 0.6 is 0 Å². The van der Waals surface area contributed by atoms with Crippen molar-refractivity contribution in [3.63, 3.8) is 0 Å². The van der Waals surface area contributed by atoms with Crippen molar-refractivity contribution in [1.82, 2.24) is 30.0 Å². The van der Waals surface area contributed by atoms with Gasteiger partial charge in [-0.25, -0.2) is 0 Å². The van der Waals surface area contributed by atoms with Crippen LogP contribution < -0.4 is 5.32 Å². The minimum atomic E-state index is 0.728. The maximum atomic E-state index is 4.14. The van der Waals surface area contributed by atoms with Gasteiger partial charge in [0.25, 0.3) is 0 Å². The van der Waals surface area contributed by atoms with Crippen molar-refractivity contribution in [2.75, 3.05) is 5.32 Å². The second-order valence-electron chi connectivity index (χ2n) is 4.56. The fourth-order valence-electron chi connectivity index (χ4n) is 1.99. The normalized spacial score (nSPS) is 10.7. The molecule has 0 amide bonds. The first-order valence-corrected chi connectivity index (χ1v) is 6.29. The van der Waals surface area contributed by atoms with Gasteiger partial charge in [0.1, 0.15) is 0 Å². The van der Waals surface area contributed by atoms with Gasteiger partial charge in [0.05, 0.1) is 11.9 Å². The van der Waals surface area contributed by atoms with Gasteiger partial charge in [0.15, 0.2) is 5.82 Å². The summed E-state index contributed by atoms with van der Waals surface area (Å²) in [7, 11) is 1.91. The van der Waals surface area contributed by atoms with Crippen molar-refractivity contribution >= 4 is 5.69 Å². The average Bonchev–Trinajstić information content (AvgIpc) is 3.05. The van der Waals surface area contributed by atoms with Gasteiger partial charge < -0.3 is 5.32 Å². The molecule has 2 aromatic heterocycles. The molecule has 3 rings (SSSR count). The molecule has 20 heavy (non-hydrogen) atoms. The molecule has 2 heterocycles. The Morgan fingerprint density at radius 3 is 2.90 bits per heavy atom. The Labute approximate surface area is 116 Å². The highest BCUT2D eigenvalue weighted by Crippen LogP contribution is 2.15. The van der Waals surface area contributed by atoms with E-state index in [1.165, 1.54) is 0 Å². The molecule has 0 aliphatic rings. The van der Waals surface area contributed by atoms with Crippen LogP contribution in [0, 0.1) is 6.92 Å². The molecule has 7 nitrogen and oxygen atoms in total. The Morgan fingerprint density at radius 2 is 2.20 bits per heavy atom. The highest BCUT2D eigenvalue weighted by atomic mass is 15.5. The summed E-state index contributed by atoms with van der Waals surface area (Å²) in [6.45, 7) is 2.60. The van der Waals surface area contributed by atoms with Gasteiger partial charge in [-0.15, -0.1) is 5.10 Å². The smallest absolute Gasteiger partial charge is 0.153 e. The highest BCUT2D eigenvalue weighted by Gasteiger charge is 2.04. The zero-order chi connectivity index (χ0) is 13.9. The summed E-state index contributed by atoms with van der Waals surface area (Å²) in [6, 6.07) is 7.97. The number of aryl methyl sites for hydroxylation is 2. The largest absolute Gasteiger partial charge is 0.381 e. The van der Waals surface area contributed by atoms with E-state index in [9.17, 15) is 0 Å². The van der Waals surface area contributed by atoms with Crippen LogP contribution in [0.4, 0.5) is 5.69 Å². The maximum Gasteiger partial charge on any atom is 0.153 e. The van der Waals surface area contributed by atoms with E-state index in [0.717, 1.165) is 29.3 Å². The van der Waals surface area contributed by atoms with E-state index in [4.69, 9.17) is 0 Å². The predicted octanol–water partition coefficient (Wildman–Crippen LogP) is 1.32. The lowest BCUT2D eigenvalue weighted by molar-refractivity contribution is 0.767. The third kappa shape index (κ3) is 2.51. The molecular formula is C13H15N7. The zero-order valence-corrected chi connectivity index (χ0v) is 11.4. The predicted molar refractivity (Wildman–Crippen MR) is 74.4 cm³/mol. The van der Waals surface area contributed by atoms with Crippen molar-refractivity contribution < 1.29 is 0 Å². The highest BCUT2D eigenvalue weighted by molar-refractivity contribution is 5.51. The molecule has 0 saturated heterocycles. The van der Waals surface area contributed by atoms with Gasteiger partial charge in [-0.2, -0.15) is 9.78 Å². The van der Waals surface area contributed by atoms with Crippen LogP contribution in [0.1, 0.15) is 11.4 Å². The summed E-state index contributed by atoms with van der Waals surface area (Å²) in [4.78, 5) is 0. The molecule has 0 unspecified atom stereocenters. The summed E-state index contributed by atoms with van der Waals surface area (Å²) >= 11 is 0. The number of nitrogens with one attached hydrogen (secondary N) is 1. The average molecular weight is 269 g/mol. The zero-order valence-electron chi connectivity index (χ0n) is 11.4. The number of hydrogen-bond donors (Lipinski definition) is 1. The second-order valence-corrected chi connectivity index (χ2v) is 4.56. The number of anilines is 1. The Hall–Kier alpha value is -2.70. The molecule has 0 atom stereocenters. The van der Waals surface area contributed by atoms with E-state index >= 15 is 0 Å². The number of hydrogen-bond acceptors (Lipinski definition) is 5. The topological polar surface area (TPSA) is 73.5 Å². The van der Waals surface area contributed by atoms with E-state index < -0.39 is 0 Å².